The number of piperidine rings is 1. The topological polar surface area (TPSA) is 28.4 Å². The summed E-state index contributed by atoms with van der Waals surface area (Å²) in [4.78, 5) is 2.51. The molecule has 0 spiro atoms. The fraction of sp³-hybridized carbons (Fsp3) is 0.765. The van der Waals surface area contributed by atoms with Gasteiger partial charge in [0.2, 0.25) is 0 Å². The molecule has 1 fully saturated rings. The van der Waals surface area contributed by atoms with Crippen LogP contribution in [0.5, 0.6) is 0 Å². The minimum atomic E-state index is 0.146. The quantitative estimate of drug-likeness (QED) is 0.910. The van der Waals surface area contributed by atoms with E-state index in [4.69, 9.17) is 4.42 Å². The second kappa shape index (κ2) is 6.31. The lowest BCUT2D eigenvalue weighted by Crippen LogP contribution is -2.35. The van der Waals surface area contributed by atoms with Gasteiger partial charge in [0.1, 0.15) is 11.5 Å². The first-order valence-corrected chi connectivity index (χ1v) is 7.89. The van der Waals surface area contributed by atoms with Crippen molar-refractivity contribution in [2.45, 2.75) is 66.1 Å². The lowest BCUT2D eigenvalue weighted by atomic mass is 9.99. The van der Waals surface area contributed by atoms with E-state index in [1.165, 1.54) is 31.5 Å². The molecule has 3 nitrogen and oxygen atoms in total. The van der Waals surface area contributed by atoms with Gasteiger partial charge in [-0.1, -0.05) is 6.92 Å². The molecule has 1 aliphatic heterocycles. The molecule has 20 heavy (non-hydrogen) atoms. The van der Waals surface area contributed by atoms with Gasteiger partial charge in [0.25, 0.3) is 0 Å². The van der Waals surface area contributed by atoms with Gasteiger partial charge < -0.3 is 9.73 Å². The first-order chi connectivity index (χ1) is 9.33. The van der Waals surface area contributed by atoms with Crippen molar-refractivity contribution in [3.63, 3.8) is 0 Å². The Morgan fingerprint density at radius 2 is 1.95 bits per heavy atom. The van der Waals surface area contributed by atoms with Crippen molar-refractivity contribution in [1.29, 1.82) is 0 Å². The highest BCUT2D eigenvalue weighted by molar-refractivity contribution is 5.21. The van der Waals surface area contributed by atoms with E-state index in [0.29, 0.717) is 0 Å². The number of rotatable bonds is 4. The van der Waals surface area contributed by atoms with Crippen molar-refractivity contribution >= 4 is 0 Å². The van der Waals surface area contributed by atoms with E-state index in [1.54, 1.807) is 0 Å². The molecule has 114 valence electrons. The second-order valence-electron chi connectivity index (χ2n) is 7.36. The third-order valence-electron chi connectivity index (χ3n) is 4.14. The summed E-state index contributed by atoms with van der Waals surface area (Å²) in [6.45, 7) is 15.3. The van der Waals surface area contributed by atoms with Gasteiger partial charge in [0.05, 0.1) is 6.54 Å². The van der Waals surface area contributed by atoms with Gasteiger partial charge in [0, 0.05) is 17.6 Å². The smallest absolute Gasteiger partial charge is 0.118 e. The molecule has 0 aliphatic carbocycles. The average molecular weight is 278 g/mol. The molecule has 1 aromatic heterocycles. The Bertz CT molecular complexity index is 423. The standard InChI is InChI=1S/C17H30N2O/c1-13-6-8-19(9-7-13)12-16-10-15(14(2)20-16)11-18-17(3,4)5/h10,13,18H,6-9,11-12H2,1-5H3. The molecule has 0 bridgehead atoms. The van der Waals surface area contributed by atoms with Crippen molar-refractivity contribution < 1.29 is 4.42 Å². The van der Waals surface area contributed by atoms with E-state index < -0.39 is 0 Å². The lowest BCUT2D eigenvalue weighted by Gasteiger charge is -2.29. The van der Waals surface area contributed by atoms with Gasteiger partial charge in [-0.05, 0) is 65.6 Å². The van der Waals surface area contributed by atoms with Crippen LogP contribution in [0.3, 0.4) is 0 Å². The van der Waals surface area contributed by atoms with Crippen LogP contribution in [0.25, 0.3) is 0 Å². The largest absolute Gasteiger partial charge is 0.465 e. The van der Waals surface area contributed by atoms with E-state index in [1.807, 2.05) is 0 Å². The lowest BCUT2D eigenvalue weighted by molar-refractivity contribution is 0.173. The molecule has 1 aromatic rings. The first kappa shape index (κ1) is 15.6. The summed E-state index contributed by atoms with van der Waals surface area (Å²) in [5.41, 5.74) is 1.44. The molecule has 0 aromatic carbocycles. The van der Waals surface area contributed by atoms with Gasteiger partial charge in [0.15, 0.2) is 0 Å². The Balaban J connectivity index is 1.90. The fourth-order valence-electron chi connectivity index (χ4n) is 2.64. The summed E-state index contributed by atoms with van der Waals surface area (Å²) in [5, 5.41) is 3.53. The third kappa shape index (κ3) is 4.64. The van der Waals surface area contributed by atoms with Crippen LogP contribution in [0.15, 0.2) is 10.5 Å². The van der Waals surface area contributed by atoms with E-state index >= 15 is 0 Å². The van der Waals surface area contributed by atoms with Crippen LogP contribution in [0.4, 0.5) is 0 Å². The Kier molecular flexibility index (Phi) is 4.92. The molecule has 0 atom stereocenters. The molecular weight excluding hydrogens is 248 g/mol. The number of nitrogens with one attached hydrogen (secondary N) is 1. The molecule has 0 unspecified atom stereocenters. The van der Waals surface area contributed by atoms with Gasteiger partial charge >= 0.3 is 0 Å². The van der Waals surface area contributed by atoms with Crippen molar-refractivity contribution in [2.24, 2.45) is 5.92 Å². The minimum absolute atomic E-state index is 0.146. The summed E-state index contributed by atoms with van der Waals surface area (Å²) < 4.78 is 5.93. The number of furan rings is 1. The number of aryl methyl sites for hydroxylation is 1. The Morgan fingerprint density at radius 3 is 2.55 bits per heavy atom. The Labute approximate surface area is 123 Å². The van der Waals surface area contributed by atoms with E-state index in [9.17, 15) is 0 Å². The number of hydrogen-bond donors (Lipinski definition) is 1. The fourth-order valence-corrected chi connectivity index (χ4v) is 2.64. The molecule has 2 heterocycles. The predicted octanol–water partition coefficient (Wildman–Crippen LogP) is 3.71. The van der Waals surface area contributed by atoms with E-state index in [0.717, 1.165) is 30.5 Å². The van der Waals surface area contributed by atoms with Crippen LogP contribution in [0.2, 0.25) is 0 Å². The maximum absolute atomic E-state index is 5.93. The van der Waals surface area contributed by atoms with Crippen molar-refractivity contribution in [3.8, 4) is 0 Å². The molecule has 0 amide bonds. The molecule has 2 rings (SSSR count). The Morgan fingerprint density at radius 1 is 1.30 bits per heavy atom. The summed E-state index contributed by atoms with van der Waals surface area (Å²) in [6, 6.07) is 2.23. The minimum Gasteiger partial charge on any atom is -0.465 e. The molecule has 3 heteroatoms. The summed E-state index contributed by atoms with van der Waals surface area (Å²) >= 11 is 0. The van der Waals surface area contributed by atoms with Crippen molar-refractivity contribution in [3.05, 3.63) is 23.2 Å². The zero-order valence-electron chi connectivity index (χ0n) is 13.8. The predicted molar refractivity (Wildman–Crippen MR) is 83.7 cm³/mol. The molecule has 1 aliphatic rings. The van der Waals surface area contributed by atoms with Crippen molar-refractivity contribution in [2.75, 3.05) is 13.1 Å². The zero-order chi connectivity index (χ0) is 14.8. The van der Waals surface area contributed by atoms with Gasteiger partial charge in [-0.25, -0.2) is 0 Å². The molecule has 0 saturated carbocycles. The van der Waals surface area contributed by atoms with Gasteiger partial charge in [-0.15, -0.1) is 0 Å². The molecule has 0 radical (unpaired) electrons. The van der Waals surface area contributed by atoms with Gasteiger partial charge in [-0.3, -0.25) is 4.90 Å². The van der Waals surface area contributed by atoms with E-state index in [-0.39, 0.29) is 5.54 Å². The van der Waals surface area contributed by atoms with Crippen LogP contribution >= 0.6 is 0 Å². The first-order valence-electron chi connectivity index (χ1n) is 7.89. The highest BCUT2D eigenvalue weighted by Gasteiger charge is 2.18. The Hall–Kier alpha value is -0.800. The molecular formula is C17H30N2O. The number of likely N-dealkylation sites (tertiary alicyclic amines) is 1. The normalized spacial score (nSPS) is 18.6. The van der Waals surface area contributed by atoms with Gasteiger partial charge in [-0.2, -0.15) is 0 Å². The summed E-state index contributed by atoms with van der Waals surface area (Å²) in [5.74, 6) is 3.06. The average Bonchev–Trinajstić information content (AvgIpc) is 2.69. The van der Waals surface area contributed by atoms with Crippen LogP contribution < -0.4 is 5.32 Å². The van der Waals surface area contributed by atoms with E-state index in [2.05, 4.69) is 50.9 Å². The van der Waals surface area contributed by atoms with Crippen LogP contribution in [0, 0.1) is 12.8 Å². The van der Waals surface area contributed by atoms with Crippen LogP contribution in [0.1, 0.15) is 57.6 Å². The van der Waals surface area contributed by atoms with Crippen LogP contribution in [-0.2, 0) is 13.1 Å². The number of hydrogen-bond acceptors (Lipinski definition) is 3. The van der Waals surface area contributed by atoms with Crippen LogP contribution in [-0.4, -0.2) is 23.5 Å². The maximum atomic E-state index is 5.93. The second-order valence-corrected chi connectivity index (χ2v) is 7.36. The maximum Gasteiger partial charge on any atom is 0.118 e. The highest BCUT2D eigenvalue weighted by atomic mass is 16.3. The monoisotopic (exact) mass is 278 g/mol. The third-order valence-corrected chi connectivity index (χ3v) is 4.14. The molecule has 1 saturated heterocycles. The highest BCUT2D eigenvalue weighted by Crippen LogP contribution is 2.21. The number of nitrogens with zero attached hydrogens (tertiary/aromatic N) is 1. The zero-order valence-corrected chi connectivity index (χ0v) is 13.8. The molecule has 1 N–H and O–H groups in total. The SMILES string of the molecule is Cc1oc(CN2CCC(C)CC2)cc1CNC(C)(C)C. The summed E-state index contributed by atoms with van der Waals surface area (Å²) in [7, 11) is 0. The van der Waals surface area contributed by atoms with Crippen molar-refractivity contribution in [1.82, 2.24) is 10.2 Å². The summed E-state index contributed by atoms with van der Waals surface area (Å²) in [6.07, 6.45) is 2.64.